The maximum atomic E-state index is 12.6. The highest BCUT2D eigenvalue weighted by Gasteiger charge is 2.15. The molecule has 0 bridgehead atoms. The summed E-state index contributed by atoms with van der Waals surface area (Å²) in [5.41, 5.74) is 1.68. The Hall–Kier alpha value is -1.89. The highest BCUT2D eigenvalue weighted by Crippen LogP contribution is 2.22. The third kappa shape index (κ3) is 5.83. The summed E-state index contributed by atoms with van der Waals surface area (Å²) >= 11 is 7.46. The van der Waals surface area contributed by atoms with Gasteiger partial charge in [-0.15, -0.1) is 11.3 Å². The zero-order valence-corrected chi connectivity index (χ0v) is 16.9. The molecule has 0 saturated carbocycles. The zero-order chi connectivity index (χ0) is 19.1. The van der Waals surface area contributed by atoms with Crippen molar-refractivity contribution in [1.29, 1.82) is 0 Å². The normalized spacial score (nSPS) is 10.8. The Bertz CT molecular complexity index is 745. The van der Waals surface area contributed by atoms with E-state index in [1.807, 2.05) is 48.0 Å². The Morgan fingerprint density at radius 2 is 1.81 bits per heavy atom. The summed E-state index contributed by atoms with van der Waals surface area (Å²) in [6.07, 6.45) is 0. The lowest BCUT2D eigenvalue weighted by Crippen LogP contribution is -2.38. The van der Waals surface area contributed by atoms with Crippen molar-refractivity contribution in [2.75, 3.05) is 27.2 Å². The third-order valence-electron chi connectivity index (χ3n) is 4.01. The minimum atomic E-state index is -0.104. The highest BCUT2D eigenvalue weighted by atomic mass is 35.5. The quantitative estimate of drug-likeness (QED) is 0.749. The van der Waals surface area contributed by atoms with Gasteiger partial charge in [-0.1, -0.05) is 23.7 Å². The van der Waals surface area contributed by atoms with Crippen LogP contribution in [0.3, 0.4) is 0 Å². The minimum absolute atomic E-state index is 0.0847. The number of nitrogens with one attached hydrogen (secondary N) is 1. The SMILES string of the molecule is CCN(Cc1ccc(Cl)s1)C(=O)CN(C)Cc1ccc(C(=O)NC)cc1. The van der Waals surface area contributed by atoms with Crippen molar-refractivity contribution < 1.29 is 9.59 Å². The Labute approximate surface area is 163 Å². The van der Waals surface area contributed by atoms with Gasteiger partial charge < -0.3 is 10.2 Å². The van der Waals surface area contributed by atoms with Crippen LogP contribution in [-0.2, 0) is 17.9 Å². The summed E-state index contributed by atoms with van der Waals surface area (Å²) in [7, 11) is 3.53. The van der Waals surface area contributed by atoms with Gasteiger partial charge in [0.25, 0.3) is 5.91 Å². The van der Waals surface area contributed by atoms with Gasteiger partial charge in [-0.25, -0.2) is 0 Å². The second kappa shape index (κ2) is 9.71. The van der Waals surface area contributed by atoms with E-state index in [0.717, 1.165) is 14.8 Å². The number of halogens is 1. The molecule has 5 nitrogen and oxygen atoms in total. The third-order valence-corrected chi connectivity index (χ3v) is 5.23. The van der Waals surface area contributed by atoms with E-state index >= 15 is 0 Å². The molecule has 0 fully saturated rings. The summed E-state index contributed by atoms with van der Waals surface area (Å²) in [6.45, 7) is 4.20. The summed E-state index contributed by atoms with van der Waals surface area (Å²) in [5.74, 6) is -0.0196. The van der Waals surface area contributed by atoms with Crippen molar-refractivity contribution in [2.45, 2.75) is 20.0 Å². The van der Waals surface area contributed by atoms with E-state index in [9.17, 15) is 9.59 Å². The second-order valence-electron chi connectivity index (χ2n) is 6.06. The maximum absolute atomic E-state index is 12.6. The highest BCUT2D eigenvalue weighted by molar-refractivity contribution is 7.16. The second-order valence-corrected chi connectivity index (χ2v) is 7.86. The first-order valence-corrected chi connectivity index (χ1v) is 9.64. The molecule has 0 aliphatic heterocycles. The largest absolute Gasteiger partial charge is 0.355 e. The van der Waals surface area contributed by atoms with Crippen molar-refractivity contribution in [3.8, 4) is 0 Å². The number of thiophene rings is 1. The molecule has 1 heterocycles. The van der Waals surface area contributed by atoms with Gasteiger partial charge in [0.2, 0.25) is 5.91 Å². The molecule has 7 heteroatoms. The first-order chi connectivity index (χ1) is 12.4. The summed E-state index contributed by atoms with van der Waals surface area (Å²) in [4.78, 5) is 29.0. The molecule has 0 spiro atoms. The van der Waals surface area contributed by atoms with E-state index in [0.29, 0.717) is 31.7 Å². The molecule has 0 radical (unpaired) electrons. The molecule has 2 amide bonds. The van der Waals surface area contributed by atoms with Crippen LogP contribution in [0.5, 0.6) is 0 Å². The predicted molar refractivity (Wildman–Crippen MR) is 107 cm³/mol. The van der Waals surface area contributed by atoms with Crippen LogP contribution in [0.4, 0.5) is 0 Å². The lowest BCUT2D eigenvalue weighted by Gasteiger charge is -2.24. The summed E-state index contributed by atoms with van der Waals surface area (Å²) < 4.78 is 0.737. The monoisotopic (exact) mass is 393 g/mol. The topological polar surface area (TPSA) is 52.7 Å². The zero-order valence-electron chi connectivity index (χ0n) is 15.3. The van der Waals surface area contributed by atoms with Crippen LogP contribution in [0.2, 0.25) is 4.34 Å². The molecule has 26 heavy (non-hydrogen) atoms. The molecule has 0 atom stereocenters. The van der Waals surface area contributed by atoms with Gasteiger partial charge in [-0.3, -0.25) is 14.5 Å². The van der Waals surface area contributed by atoms with Gasteiger partial charge in [0.1, 0.15) is 0 Å². The fourth-order valence-corrected chi connectivity index (χ4v) is 3.71. The van der Waals surface area contributed by atoms with Crippen molar-refractivity contribution in [3.05, 3.63) is 56.7 Å². The molecule has 0 aliphatic carbocycles. The van der Waals surface area contributed by atoms with Gasteiger partial charge in [-0.05, 0) is 43.8 Å². The Kier molecular flexibility index (Phi) is 7.63. The number of likely N-dealkylation sites (N-methyl/N-ethyl adjacent to an activating group) is 2. The van der Waals surface area contributed by atoms with Crippen LogP contribution in [0, 0.1) is 0 Å². The number of amides is 2. The summed E-state index contributed by atoms with van der Waals surface area (Å²) in [5, 5.41) is 2.60. The van der Waals surface area contributed by atoms with Crippen LogP contribution in [0.15, 0.2) is 36.4 Å². The van der Waals surface area contributed by atoms with Gasteiger partial charge in [-0.2, -0.15) is 0 Å². The fourth-order valence-electron chi connectivity index (χ4n) is 2.61. The van der Waals surface area contributed by atoms with Crippen LogP contribution in [0.1, 0.15) is 27.7 Å². The molecular formula is C19H24ClN3O2S. The first-order valence-electron chi connectivity index (χ1n) is 8.44. The van der Waals surface area contributed by atoms with E-state index in [2.05, 4.69) is 5.32 Å². The molecule has 1 aromatic heterocycles. The maximum Gasteiger partial charge on any atom is 0.251 e. The average molecular weight is 394 g/mol. The molecular weight excluding hydrogens is 370 g/mol. The van der Waals surface area contributed by atoms with Crippen LogP contribution in [0.25, 0.3) is 0 Å². The number of hydrogen-bond donors (Lipinski definition) is 1. The first kappa shape index (κ1) is 20.4. The van der Waals surface area contributed by atoms with Crippen molar-refractivity contribution in [3.63, 3.8) is 0 Å². The van der Waals surface area contributed by atoms with Gasteiger partial charge in [0.15, 0.2) is 0 Å². The Morgan fingerprint density at radius 3 is 2.35 bits per heavy atom. The molecule has 2 aromatic rings. The van der Waals surface area contributed by atoms with E-state index in [1.165, 1.54) is 11.3 Å². The van der Waals surface area contributed by atoms with Crippen LogP contribution >= 0.6 is 22.9 Å². The molecule has 1 N–H and O–H groups in total. The number of benzene rings is 1. The molecule has 0 aliphatic rings. The molecule has 0 unspecified atom stereocenters. The van der Waals surface area contributed by atoms with Crippen molar-refractivity contribution >= 4 is 34.8 Å². The average Bonchev–Trinajstić information content (AvgIpc) is 3.04. The van der Waals surface area contributed by atoms with E-state index < -0.39 is 0 Å². The predicted octanol–water partition coefficient (Wildman–Crippen LogP) is 3.24. The van der Waals surface area contributed by atoms with Gasteiger partial charge in [0.05, 0.1) is 17.4 Å². The molecule has 1 aromatic carbocycles. The van der Waals surface area contributed by atoms with Gasteiger partial charge >= 0.3 is 0 Å². The van der Waals surface area contributed by atoms with Crippen LogP contribution < -0.4 is 5.32 Å². The minimum Gasteiger partial charge on any atom is -0.355 e. The Balaban J connectivity index is 1.89. The fraction of sp³-hybridized carbons (Fsp3) is 0.368. The Morgan fingerprint density at radius 1 is 1.12 bits per heavy atom. The number of carbonyl (C=O) groups excluding carboxylic acids is 2. The van der Waals surface area contributed by atoms with E-state index in [-0.39, 0.29) is 11.8 Å². The lowest BCUT2D eigenvalue weighted by atomic mass is 10.1. The number of rotatable bonds is 8. The van der Waals surface area contributed by atoms with Crippen molar-refractivity contribution in [2.24, 2.45) is 0 Å². The molecule has 2 rings (SSSR count). The van der Waals surface area contributed by atoms with E-state index in [4.69, 9.17) is 11.6 Å². The number of carbonyl (C=O) groups is 2. The van der Waals surface area contributed by atoms with E-state index in [1.54, 1.807) is 19.2 Å². The lowest BCUT2D eigenvalue weighted by molar-refractivity contribution is -0.132. The molecule has 140 valence electrons. The summed E-state index contributed by atoms with van der Waals surface area (Å²) in [6, 6.07) is 11.2. The standard InChI is InChI=1S/C19H24ClN3O2S/c1-4-23(12-16-9-10-17(20)26-16)18(24)13-22(3)11-14-5-7-15(8-6-14)19(25)21-2/h5-10H,4,11-13H2,1-3H3,(H,21,25). The number of hydrogen-bond acceptors (Lipinski definition) is 4. The molecule has 0 saturated heterocycles. The van der Waals surface area contributed by atoms with Crippen molar-refractivity contribution in [1.82, 2.24) is 15.1 Å². The number of nitrogens with zero attached hydrogens (tertiary/aromatic N) is 2. The van der Waals surface area contributed by atoms with Crippen LogP contribution in [-0.4, -0.2) is 48.8 Å². The smallest absolute Gasteiger partial charge is 0.251 e. The van der Waals surface area contributed by atoms with Gasteiger partial charge in [0, 0.05) is 30.6 Å².